The van der Waals surface area contributed by atoms with E-state index in [1.54, 1.807) is 19.1 Å². The van der Waals surface area contributed by atoms with E-state index in [0.29, 0.717) is 0 Å². The quantitative estimate of drug-likeness (QED) is 0.666. The third-order valence-corrected chi connectivity index (χ3v) is 3.12. The second kappa shape index (κ2) is 2.95. The lowest BCUT2D eigenvalue weighted by molar-refractivity contribution is -0.181. The van der Waals surface area contributed by atoms with Crippen molar-refractivity contribution in [1.82, 2.24) is 0 Å². The highest BCUT2D eigenvalue weighted by Gasteiger charge is 2.45. The minimum absolute atomic E-state index is 0.0288. The summed E-state index contributed by atoms with van der Waals surface area (Å²) in [7, 11) is 0. The Bertz CT molecular complexity index is 504. The van der Waals surface area contributed by atoms with E-state index in [1.165, 1.54) is 0 Å². The molecule has 0 N–H and O–H groups in total. The Morgan fingerprint density at radius 1 is 1.38 bits per heavy atom. The van der Waals surface area contributed by atoms with Crippen LogP contribution in [-0.2, 0) is 15.1 Å². The molecule has 0 aliphatic carbocycles. The van der Waals surface area contributed by atoms with E-state index in [1.807, 2.05) is 25.1 Å². The highest BCUT2D eigenvalue weighted by Crippen LogP contribution is 2.42. The summed E-state index contributed by atoms with van der Waals surface area (Å²) in [6, 6.07) is 5.81. The van der Waals surface area contributed by atoms with Crippen LogP contribution < -0.4 is 4.74 Å². The van der Waals surface area contributed by atoms with E-state index < -0.39 is 11.9 Å². The van der Waals surface area contributed by atoms with Crippen LogP contribution >= 0.6 is 0 Å². The van der Waals surface area contributed by atoms with E-state index in [2.05, 4.69) is 0 Å². The van der Waals surface area contributed by atoms with Gasteiger partial charge in [0.15, 0.2) is 11.4 Å². The number of hydrogen-bond donors (Lipinski definition) is 0. The molecule has 0 aromatic heterocycles. The standard InChI is InChI=1S/C13H12O3/c1-8-3-4-10-9(7-8)13(2)11(14)5-6-12(15-10)16-13/h3-7,12H,1-2H3/t12-,13-/m0/s1. The average Bonchev–Trinajstić information content (AvgIpc) is 2.26. The Labute approximate surface area is 93.7 Å². The summed E-state index contributed by atoms with van der Waals surface area (Å²) in [5.41, 5.74) is 1.02. The smallest absolute Gasteiger partial charge is 0.221 e. The first-order chi connectivity index (χ1) is 7.59. The SMILES string of the molecule is Cc1ccc2c(c1)[C@]1(C)O[C@@H](C=CC1=O)O2. The largest absolute Gasteiger partial charge is 0.461 e. The molecule has 0 unspecified atom stereocenters. The van der Waals surface area contributed by atoms with Crippen LogP contribution in [0.3, 0.4) is 0 Å². The highest BCUT2D eigenvalue weighted by molar-refractivity contribution is 5.99. The van der Waals surface area contributed by atoms with Crippen molar-refractivity contribution in [2.24, 2.45) is 0 Å². The number of carbonyl (C=O) groups is 1. The average molecular weight is 216 g/mol. The Morgan fingerprint density at radius 3 is 3.00 bits per heavy atom. The molecule has 1 aromatic carbocycles. The minimum Gasteiger partial charge on any atom is -0.461 e. The van der Waals surface area contributed by atoms with Crippen LogP contribution in [0.5, 0.6) is 5.75 Å². The third-order valence-electron chi connectivity index (χ3n) is 3.12. The normalized spacial score (nSPS) is 30.9. The zero-order chi connectivity index (χ0) is 11.3. The topological polar surface area (TPSA) is 35.5 Å². The van der Waals surface area contributed by atoms with Gasteiger partial charge in [-0.05, 0) is 38.1 Å². The van der Waals surface area contributed by atoms with Gasteiger partial charge in [-0.15, -0.1) is 0 Å². The molecule has 0 fully saturated rings. The molecule has 0 spiro atoms. The van der Waals surface area contributed by atoms with E-state index in [4.69, 9.17) is 9.47 Å². The van der Waals surface area contributed by atoms with Crippen LogP contribution in [0.25, 0.3) is 0 Å². The van der Waals surface area contributed by atoms with Crippen molar-refractivity contribution < 1.29 is 14.3 Å². The molecule has 2 aliphatic rings. The maximum Gasteiger partial charge on any atom is 0.221 e. The van der Waals surface area contributed by atoms with Gasteiger partial charge in [-0.2, -0.15) is 0 Å². The number of benzene rings is 1. The second-order valence-corrected chi connectivity index (χ2v) is 4.36. The van der Waals surface area contributed by atoms with Crippen LogP contribution in [-0.4, -0.2) is 12.1 Å². The molecule has 3 heteroatoms. The van der Waals surface area contributed by atoms with Crippen molar-refractivity contribution in [2.75, 3.05) is 0 Å². The number of fused-ring (bicyclic) bond motifs is 4. The number of hydrogen-bond acceptors (Lipinski definition) is 3. The molecule has 82 valence electrons. The van der Waals surface area contributed by atoms with Gasteiger partial charge >= 0.3 is 0 Å². The number of carbonyl (C=O) groups excluding carboxylic acids is 1. The molecule has 0 radical (unpaired) electrons. The summed E-state index contributed by atoms with van der Waals surface area (Å²) in [5, 5.41) is 0. The molecule has 3 rings (SSSR count). The Hall–Kier alpha value is -1.61. The van der Waals surface area contributed by atoms with Crippen LogP contribution in [0.4, 0.5) is 0 Å². The van der Waals surface area contributed by atoms with Gasteiger partial charge in [0.2, 0.25) is 6.29 Å². The van der Waals surface area contributed by atoms with Gasteiger partial charge in [0.05, 0.1) is 0 Å². The molecule has 3 nitrogen and oxygen atoms in total. The number of ether oxygens (including phenoxy) is 2. The fourth-order valence-corrected chi connectivity index (χ4v) is 2.16. The first-order valence-corrected chi connectivity index (χ1v) is 5.28. The molecule has 2 bridgehead atoms. The fraction of sp³-hybridized carbons (Fsp3) is 0.308. The first kappa shape index (κ1) is 9.60. The Morgan fingerprint density at radius 2 is 2.19 bits per heavy atom. The molecule has 2 heterocycles. The summed E-state index contributed by atoms with van der Waals surface area (Å²) in [6.45, 7) is 3.78. The monoisotopic (exact) mass is 216 g/mol. The van der Waals surface area contributed by atoms with Gasteiger partial charge < -0.3 is 9.47 Å². The summed E-state index contributed by atoms with van der Waals surface area (Å²) < 4.78 is 11.3. The predicted octanol–water partition coefficient (Wildman–Crippen LogP) is 2.08. The van der Waals surface area contributed by atoms with Crippen molar-refractivity contribution in [2.45, 2.75) is 25.7 Å². The molecule has 0 saturated carbocycles. The van der Waals surface area contributed by atoms with E-state index in [0.717, 1.165) is 16.9 Å². The van der Waals surface area contributed by atoms with Gasteiger partial charge in [0.25, 0.3) is 0 Å². The second-order valence-electron chi connectivity index (χ2n) is 4.36. The maximum absolute atomic E-state index is 11.9. The molecule has 1 aromatic rings. The number of ketones is 1. The van der Waals surface area contributed by atoms with E-state index >= 15 is 0 Å². The molecular weight excluding hydrogens is 204 g/mol. The highest BCUT2D eigenvalue weighted by atomic mass is 16.7. The third kappa shape index (κ3) is 1.15. The lowest BCUT2D eigenvalue weighted by atomic mass is 9.86. The predicted molar refractivity (Wildman–Crippen MR) is 58.2 cm³/mol. The van der Waals surface area contributed by atoms with Crippen molar-refractivity contribution in [1.29, 1.82) is 0 Å². The number of aryl methyl sites for hydroxylation is 1. The summed E-state index contributed by atoms with van der Waals surface area (Å²) in [6.07, 6.45) is 2.74. The van der Waals surface area contributed by atoms with Gasteiger partial charge in [-0.25, -0.2) is 0 Å². The lowest BCUT2D eigenvalue weighted by Gasteiger charge is -2.40. The van der Waals surface area contributed by atoms with Gasteiger partial charge in [0, 0.05) is 5.56 Å². The van der Waals surface area contributed by atoms with Crippen LogP contribution in [0.2, 0.25) is 0 Å². The summed E-state index contributed by atoms with van der Waals surface area (Å²) in [5.74, 6) is 0.709. The fourth-order valence-electron chi connectivity index (χ4n) is 2.16. The zero-order valence-electron chi connectivity index (χ0n) is 9.19. The van der Waals surface area contributed by atoms with E-state index in [9.17, 15) is 4.79 Å². The summed E-state index contributed by atoms with van der Waals surface area (Å²) in [4.78, 5) is 11.9. The number of rotatable bonds is 0. The van der Waals surface area contributed by atoms with Gasteiger partial charge in [-0.1, -0.05) is 11.6 Å². The zero-order valence-corrected chi connectivity index (χ0v) is 9.19. The molecule has 2 aliphatic heterocycles. The Balaban J connectivity index is 2.24. The molecule has 2 atom stereocenters. The van der Waals surface area contributed by atoms with Crippen molar-refractivity contribution in [3.8, 4) is 5.75 Å². The van der Waals surface area contributed by atoms with E-state index in [-0.39, 0.29) is 5.78 Å². The summed E-state index contributed by atoms with van der Waals surface area (Å²) >= 11 is 0. The lowest BCUT2D eigenvalue weighted by Crippen LogP contribution is -2.46. The van der Waals surface area contributed by atoms with Crippen LogP contribution in [0.15, 0.2) is 30.4 Å². The van der Waals surface area contributed by atoms with Gasteiger partial charge in [0.1, 0.15) is 5.75 Å². The molecular formula is C13H12O3. The first-order valence-electron chi connectivity index (χ1n) is 5.28. The minimum atomic E-state index is -0.890. The molecule has 16 heavy (non-hydrogen) atoms. The van der Waals surface area contributed by atoms with Crippen LogP contribution in [0, 0.1) is 6.92 Å². The van der Waals surface area contributed by atoms with Gasteiger partial charge in [-0.3, -0.25) is 4.79 Å². The molecule has 0 saturated heterocycles. The van der Waals surface area contributed by atoms with Crippen molar-refractivity contribution in [3.05, 3.63) is 41.5 Å². The Kier molecular flexibility index (Phi) is 1.77. The maximum atomic E-state index is 11.9. The van der Waals surface area contributed by atoms with Crippen molar-refractivity contribution >= 4 is 5.78 Å². The van der Waals surface area contributed by atoms with Crippen molar-refractivity contribution in [3.63, 3.8) is 0 Å². The molecule has 0 amide bonds. The van der Waals surface area contributed by atoms with Crippen LogP contribution in [0.1, 0.15) is 18.1 Å².